The lowest BCUT2D eigenvalue weighted by atomic mass is 10.1. The molecule has 0 radical (unpaired) electrons. The molecule has 2 heterocycles. The molecule has 3 rings (SSSR count). The third-order valence-electron chi connectivity index (χ3n) is 3.39. The second-order valence-corrected chi connectivity index (χ2v) is 4.96. The van der Waals surface area contributed by atoms with Crippen LogP contribution in [0.3, 0.4) is 0 Å². The summed E-state index contributed by atoms with van der Waals surface area (Å²) in [6, 6.07) is 8.53. The molecule has 3 aromatic rings. The van der Waals surface area contributed by atoms with Gasteiger partial charge in [0.1, 0.15) is 11.3 Å². The summed E-state index contributed by atoms with van der Waals surface area (Å²) in [5, 5.41) is 2.72. The highest BCUT2D eigenvalue weighted by atomic mass is 19.2. The number of benzene rings is 1. The first-order valence-corrected chi connectivity index (χ1v) is 6.74. The molecule has 0 unspecified atom stereocenters. The second kappa shape index (κ2) is 5.55. The van der Waals surface area contributed by atoms with Gasteiger partial charge in [0, 0.05) is 12.4 Å². The van der Waals surface area contributed by atoms with Crippen LogP contribution in [0.5, 0.6) is 0 Å². The molecule has 1 aromatic carbocycles. The van der Waals surface area contributed by atoms with Crippen molar-refractivity contribution in [3.05, 3.63) is 71.7 Å². The normalized spacial score (nSPS) is 12.3. The van der Waals surface area contributed by atoms with Crippen molar-refractivity contribution in [2.75, 3.05) is 0 Å². The number of pyridine rings is 1. The minimum Gasteiger partial charge on any atom is -0.344 e. The number of carbonyl (C=O) groups excluding carboxylic acids is 1. The number of rotatable bonds is 3. The summed E-state index contributed by atoms with van der Waals surface area (Å²) >= 11 is 0. The van der Waals surface area contributed by atoms with Crippen LogP contribution < -0.4 is 5.32 Å². The molecule has 0 saturated heterocycles. The van der Waals surface area contributed by atoms with Crippen molar-refractivity contribution in [2.45, 2.75) is 13.0 Å². The Morgan fingerprint density at radius 3 is 2.77 bits per heavy atom. The topological polar surface area (TPSA) is 46.4 Å². The summed E-state index contributed by atoms with van der Waals surface area (Å²) in [6.07, 6.45) is 3.40. The van der Waals surface area contributed by atoms with Crippen LogP contribution in [-0.2, 0) is 0 Å². The zero-order chi connectivity index (χ0) is 15.7. The molecule has 0 fully saturated rings. The molecule has 0 spiro atoms. The SMILES string of the molecule is C[C@@H](NC(=O)c1cn2ccccc2n1)c1ccc(F)c(F)c1. The van der Waals surface area contributed by atoms with Gasteiger partial charge in [0.05, 0.1) is 6.04 Å². The third-order valence-corrected chi connectivity index (χ3v) is 3.39. The molecule has 112 valence electrons. The molecular formula is C16H13F2N3O. The van der Waals surface area contributed by atoms with Gasteiger partial charge in [0.25, 0.3) is 5.91 Å². The van der Waals surface area contributed by atoms with Crippen LogP contribution in [0.1, 0.15) is 29.0 Å². The Hall–Kier alpha value is -2.76. The molecule has 0 bridgehead atoms. The molecule has 0 aliphatic rings. The van der Waals surface area contributed by atoms with Crippen molar-refractivity contribution in [3.8, 4) is 0 Å². The fraction of sp³-hybridized carbons (Fsp3) is 0.125. The Morgan fingerprint density at radius 1 is 1.23 bits per heavy atom. The van der Waals surface area contributed by atoms with Crippen molar-refractivity contribution < 1.29 is 13.6 Å². The van der Waals surface area contributed by atoms with E-state index in [1.807, 2.05) is 12.1 Å². The monoisotopic (exact) mass is 301 g/mol. The summed E-state index contributed by atoms with van der Waals surface area (Å²) in [6.45, 7) is 1.69. The van der Waals surface area contributed by atoms with E-state index in [9.17, 15) is 13.6 Å². The largest absolute Gasteiger partial charge is 0.344 e. The van der Waals surface area contributed by atoms with E-state index >= 15 is 0 Å². The number of imidazole rings is 1. The molecule has 1 N–H and O–H groups in total. The van der Waals surface area contributed by atoms with Gasteiger partial charge in [-0.15, -0.1) is 0 Å². The van der Waals surface area contributed by atoms with Gasteiger partial charge in [-0.3, -0.25) is 4.79 Å². The number of halogens is 2. The van der Waals surface area contributed by atoms with Gasteiger partial charge in [-0.2, -0.15) is 0 Å². The molecule has 1 atom stereocenters. The second-order valence-electron chi connectivity index (χ2n) is 4.96. The fourth-order valence-corrected chi connectivity index (χ4v) is 2.18. The Balaban J connectivity index is 1.79. The first-order valence-electron chi connectivity index (χ1n) is 6.74. The summed E-state index contributed by atoms with van der Waals surface area (Å²) in [7, 11) is 0. The van der Waals surface area contributed by atoms with Crippen molar-refractivity contribution in [1.82, 2.24) is 14.7 Å². The predicted molar refractivity (Wildman–Crippen MR) is 77.4 cm³/mol. The molecule has 0 saturated carbocycles. The number of hydrogen-bond donors (Lipinski definition) is 1. The van der Waals surface area contributed by atoms with Gasteiger partial charge in [-0.1, -0.05) is 12.1 Å². The van der Waals surface area contributed by atoms with Gasteiger partial charge in [-0.25, -0.2) is 13.8 Å². The van der Waals surface area contributed by atoms with E-state index in [1.54, 1.807) is 29.8 Å². The van der Waals surface area contributed by atoms with E-state index in [0.29, 0.717) is 11.2 Å². The molecule has 4 nitrogen and oxygen atoms in total. The number of carbonyl (C=O) groups is 1. The lowest BCUT2D eigenvalue weighted by molar-refractivity contribution is 0.0935. The summed E-state index contributed by atoms with van der Waals surface area (Å²) < 4.78 is 27.9. The van der Waals surface area contributed by atoms with Crippen molar-refractivity contribution in [1.29, 1.82) is 0 Å². The van der Waals surface area contributed by atoms with Crippen molar-refractivity contribution in [3.63, 3.8) is 0 Å². The van der Waals surface area contributed by atoms with Gasteiger partial charge in [-0.05, 0) is 36.8 Å². The zero-order valence-electron chi connectivity index (χ0n) is 11.8. The van der Waals surface area contributed by atoms with E-state index in [1.165, 1.54) is 6.07 Å². The van der Waals surface area contributed by atoms with E-state index in [0.717, 1.165) is 12.1 Å². The Labute approximate surface area is 125 Å². The van der Waals surface area contributed by atoms with Crippen LogP contribution in [0.25, 0.3) is 5.65 Å². The molecule has 1 amide bonds. The smallest absolute Gasteiger partial charge is 0.271 e. The lowest BCUT2D eigenvalue weighted by Crippen LogP contribution is -2.27. The van der Waals surface area contributed by atoms with Crippen LogP contribution in [0.2, 0.25) is 0 Å². The first-order chi connectivity index (χ1) is 10.5. The minimum absolute atomic E-state index is 0.264. The highest BCUT2D eigenvalue weighted by Crippen LogP contribution is 2.16. The van der Waals surface area contributed by atoms with Gasteiger partial charge in [0.15, 0.2) is 11.6 Å². The molecule has 6 heteroatoms. The molecule has 22 heavy (non-hydrogen) atoms. The third kappa shape index (κ3) is 2.67. The quantitative estimate of drug-likeness (QED) is 0.808. The van der Waals surface area contributed by atoms with E-state index in [-0.39, 0.29) is 11.6 Å². The molecule has 2 aromatic heterocycles. The Kier molecular flexibility index (Phi) is 3.58. The van der Waals surface area contributed by atoms with Crippen LogP contribution in [0, 0.1) is 11.6 Å². The Bertz CT molecular complexity index is 811. The summed E-state index contributed by atoms with van der Waals surface area (Å²) in [5.74, 6) is -2.23. The van der Waals surface area contributed by atoms with E-state index in [4.69, 9.17) is 0 Å². The van der Waals surface area contributed by atoms with Crippen LogP contribution in [-0.4, -0.2) is 15.3 Å². The minimum atomic E-state index is -0.939. The Morgan fingerprint density at radius 2 is 2.05 bits per heavy atom. The summed E-state index contributed by atoms with van der Waals surface area (Å²) in [5.41, 5.74) is 1.41. The maximum atomic E-state index is 13.2. The van der Waals surface area contributed by atoms with E-state index < -0.39 is 17.7 Å². The van der Waals surface area contributed by atoms with Gasteiger partial charge in [0.2, 0.25) is 0 Å². The number of hydrogen-bond acceptors (Lipinski definition) is 2. The number of amides is 1. The highest BCUT2D eigenvalue weighted by molar-refractivity contribution is 5.93. The standard InChI is InChI=1S/C16H13F2N3O/c1-10(11-5-6-12(17)13(18)8-11)19-16(22)14-9-21-7-3-2-4-15(21)20-14/h2-10H,1H3,(H,19,22)/t10-/m1/s1. The van der Waals surface area contributed by atoms with Crippen LogP contribution in [0.4, 0.5) is 8.78 Å². The van der Waals surface area contributed by atoms with Crippen molar-refractivity contribution >= 4 is 11.6 Å². The van der Waals surface area contributed by atoms with Crippen molar-refractivity contribution in [2.24, 2.45) is 0 Å². The average Bonchev–Trinajstić information content (AvgIpc) is 2.94. The van der Waals surface area contributed by atoms with Gasteiger partial charge < -0.3 is 9.72 Å². The number of nitrogens with zero attached hydrogens (tertiary/aromatic N) is 2. The lowest BCUT2D eigenvalue weighted by Gasteiger charge is -2.13. The number of nitrogens with one attached hydrogen (secondary N) is 1. The number of aromatic nitrogens is 2. The predicted octanol–water partition coefficient (Wildman–Crippen LogP) is 3.10. The first kappa shape index (κ1) is 14.2. The molecular weight excluding hydrogens is 288 g/mol. The maximum absolute atomic E-state index is 13.2. The molecule has 0 aliphatic heterocycles. The van der Waals surface area contributed by atoms with E-state index in [2.05, 4.69) is 10.3 Å². The number of fused-ring (bicyclic) bond motifs is 1. The fourth-order valence-electron chi connectivity index (χ4n) is 2.18. The summed E-state index contributed by atoms with van der Waals surface area (Å²) in [4.78, 5) is 16.4. The zero-order valence-corrected chi connectivity index (χ0v) is 11.8. The van der Waals surface area contributed by atoms with Gasteiger partial charge >= 0.3 is 0 Å². The maximum Gasteiger partial charge on any atom is 0.271 e. The average molecular weight is 301 g/mol. The van der Waals surface area contributed by atoms with Crippen LogP contribution >= 0.6 is 0 Å². The van der Waals surface area contributed by atoms with Crippen LogP contribution in [0.15, 0.2) is 48.8 Å². The molecule has 0 aliphatic carbocycles. The highest BCUT2D eigenvalue weighted by Gasteiger charge is 2.15.